The fourth-order valence-electron chi connectivity index (χ4n) is 4.00. The van der Waals surface area contributed by atoms with Crippen LogP contribution in [-0.4, -0.2) is 43.4 Å². The summed E-state index contributed by atoms with van der Waals surface area (Å²) in [5.74, 6) is 1.68. The van der Waals surface area contributed by atoms with Gasteiger partial charge in [-0.1, -0.05) is 0 Å². The van der Waals surface area contributed by atoms with E-state index >= 15 is 0 Å². The molecule has 3 aromatic rings. The van der Waals surface area contributed by atoms with Crippen molar-refractivity contribution in [3.63, 3.8) is 0 Å². The van der Waals surface area contributed by atoms with Crippen molar-refractivity contribution >= 4 is 39.6 Å². The second-order valence-corrected chi connectivity index (χ2v) is 8.16. The van der Waals surface area contributed by atoms with Crippen LogP contribution in [0, 0.1) is 6.92 Å². The number of hydrogen-bond acceptors (Lipinski definition) is 5. The molecule has 1 saturated heterocycles. The van der Waals surface area contributed by atoms with E-state index in [2.05, 4.69) is 32.7 Å². The average Bonchev–Trinajstić information content (AvgIpc) is 2.79. The number of anilines is 2. The molecule has 0 amide bonds. The summed E-state index contributed by atoms with van der Waals surface area (Å²) in [6.07, 6.45) is 2.02. The molecule has 0 unspecified atom stereocenters. The molecule has 2 N–H and O–H groups in total. The van der Waals surface area contributed by atoms with Crippen molar-refractivity contribution in [2.24, 2.45) is 0 Å². The van der Waals surface area contributed by atoms with Gasteiger partial charge in [-0.25, -0.2) is 0 Å². The van der Waals surface area contributed by atoms with Gasteiger partial charge in [-0.05, 0) is 80.5 Å². The number of fused-ring (bicyclic) bond motifs is 1. The molecule has 2 heterocycles. The van der Waals surface area contributed by atoms with Crippen molar-refractivity contribution in [1.29, 1.82) is 0 Å². The van der Waals surface area contributed by atoms with Gasteiger partial charge < -0.3 is 25.0 Å². The van der Waals surface area contributed by atoms with Crippen molar-refractivity contribution in [3.8, 4) is 11.5 Å². The lowest BCUT2D eigenvalue weighted by Gasteiger charge is -2.35. The van der Waals surface area contributed by atoms with E-state index in [0.717, 1.165) is 59.7 Å². The maximum absolute atomic E-state index is 5.52. The van der Waals surface area contributed by atoms with Crippen LogP contribution in [0.15, 0.2) is 48.5 Å². The van der Waals surface area contributed by atoms with E-state index in [9.17, 15) is 0 Å². The fraction of sp³-hybridized carbons (Fsp3) is 0.333. The molecule has 0 bridgehead atoms. The van der Waals surface area contributed by atoms with Crippen LogP contribution >= 0.6 is 12.2 Å². The Morgan fingerprint density at radius 1 is 1.00 bits per heavy atom. The maximum atomic E-state index is 5.52. The van der Waals surface area contributed by atoms with Crippen LogP contribution in [0.25, 0.3) is 10.9 Å². The summed E-state index contributed by atoms with van der Waals surface area (Å²) in [5, 5.41) is 8.51. The molecular formula is C24H28N4O2S. The largest absolute Gasteiger partial charge is 0.497 e. The molecule has 0 radical (unpaired) electrons. The van der Waals surface area contributed by atoms with Gasteiger partial charge in [-0.2, -0.15) is 0 Å². The minimum atomic E-state index is 0.346. The first-order valence-electron chi connectivity index (χ1n) is 10.5. The summed E-state index contributed by atoms with van der Waals surface area (Å²) in [7, 11) is 3.36. The topological polar surface area (TPSA) is 58.7 Å². The van der Waals surface area contributed by atoms with Gasteiger partial charge in [-0.3, -0.25) is 4.98 Å². The SMILES string of the molecule is COc1ccc(NC(=S)NC2CCN(c3cc(C)nc4ccc(OC)cc34)CC2)cc1. The highest BCUT2D eigenvalue weighted by Gasteiger charge is 2.22. The Balaban J connectivity index is 1.39. The van der Waals surface area contributed by atoms with Crippen LogP contribution in [0.4, 0.5) is 11.4 Å². The zero-order chi connectivity index (χ0) is 21.8. The molecule has 6 nitrogen and oxygen atoms in total. The zero-order valence-corrected chi connectivity index (χ0v) is 19.0. The summed E-state index contributed by atoms with van der Waals surface area (Å²) in [5.41, 5.74) is 4.20. The van der Waals surface area contributed by atoms with Crippen molar-refractivity contribution in [3.05, 3.63) is 54.2 Å². The highest BCUT2D eigenvalue weighted by Crippen LogP contribution is 2.31. The van der Waals surface area contributed by atoms with Crippen molar-refractivity contribution in [2.75, 3.05) is 37.5 Å². The second kappa shape index (κ2) is 9.39. The molecule has 2 aromatic carbocycles. The van der Waals surface area contributed by atoms with Gasteiger partial charge in [-0.15, -0.1) is 0 Å². The summed E-state index contributed by atoms with van der Waals surface area (Å²) in [6.45, 7) is 3.96. The number of ether oxygens (including phenoxy) is 2. The maximum Gasteiger partial charge on any atom is 0.170 e. The number of benzene rings is 2. The molecule has 0 atom stereocenters. The van der Waals surface area contributed by atoms with Crippen LogP contribution in [-0.2, 0) is 0 Å². The molecule has 31 heavy (non-hydrogen) atoms. The Morgan fingerprint density at radius 2 is 1.68 bits per heavy atom. The third-order valence-corrected chi connectivity index (χ3v) is 5.86. The number of thiocarbonyl (C=S) groups is 1. The number of nitrogens with one attached hydrogen (secondary N) is 2. The first kappa shape index (κ1) is 21.2. The van der Waals surface area contributed by atoms with E-state index in [4.69, 9.17) is 21.7 Å². The van der Waals surface area contributed by atoms with E-state index < -0.39 is 0 Å². The van der Waals surface area contributed by atoms with Gasteiger partial charge in [0.25, 0.3) is 0 Å². The van der Waals surface area contributed by atoms with Crippen molar-refractivity contribution in [1.82, 2.24) is 10.3 Å². The van der Waals surface area contributed by atoms with Gasteiger partial charge in [0.05, 0.1) is 19.7 Å². The van der Waals surface area contributed by atoms with E-state index in [0.29, 0.717) is 11.2 Å². The molecule has 0 saturated carbocycles. The van der Waals surface area contributed by atoms with E-state index in [1.165, 1.54) is 5.69 Å². The number of methoxy groups -OCH3 is 2. The highest BCUT2D eigenvalue weighted by atomic mass is 32.1. The molecule has 162 valence electrons. The fourth-order valence-corrected chi connectivity index (χ4v) is 4.28. The number of aryl methyl sites for hydroxylation is 1. The van der Waals surface area contributed by atoms with E-state index in [1.807, 2.05) is 43.3 Å². The molecule has 4 rings (SSSR count). The predicted molar refractivity (Wildman–Crippen MR) is 131 cm³/mol. The summed E-state index contributed by atoms with van der Waals surface area (Å²) >= 11 is 5.52. The van der Waals surface area contributed by atoms with Gasteiger partial charge in [0.1, 0.15) is 11.5 Å². The average molecular weight is 437 g/mol. The minimum Gasteiger partial charge on any atom is -0.497 e. The van der Waals surface area contributed by atoms with Gasteiger partial charge in [0, 0.05) is 41.6 Å². The lowest BCUT2D eigenvalue weighted by molar-refractivity contribution is 0.415. The summed E-state index contributed by atoms with van der Waals surface area (Å²) in [6, 6.07) is 16.3. The molecular weight excluding hydrogens is 408 g/mol. The number of aromatic nitrogens is 1. The van der Waals surface area contributed by atoms with E-state index in [-0.39, 0.29) is 0 Å². The molecule has 1 fully saturated rings. The summed E-state index contributed by atoms with van der Waals surface area (Å²) in [4.78, 5) is 7.12. The number of pyridine rings is 1. The number of hydrogen-bond donors (Lipinski definition) is 2. The predicted octanol–water partition coefficient (Wildman–Crippen LogP) is 4.52. The first-order valence-corrected chi connectivity index (χ1v) is 10.9. The molecule has 1 aliphatic heterocycles. The lowest BCUT2D eigenvalue weighted by Crippen LogP contribution is -2.46. The van der Waals surface area contributed by atoms with Crippen LogP contribution < -0.4 is 25.0 Å². The molecule has 0 aliphatic carbocycles. The van der Waals surface area contributed by atoms with Gasteiger partial charge in [0.2, 0.25) is 0 Å². The Morgan fingerprint density at radius 3 is 2.35 bits per heavy atom. The second-order valence-electron chi connectivity index (χ2n) is 7.75. The molecule has 7 heteroatoms. The zero-order valence-electron chi connectivity index (χ0n) is 18.1. The Hall–Kier alpha value is -3.06. The third-order valence-electron chi connectivity index (χ3n) is 5.64. The van der Waals surface area contributed by atoms with E-state index in [1.54, 1.807) is 14.2 Å². The normalized spacial score (nSPS) is 14.4. The molecule has 1 aliphatic rings. The lowest BCUT2D eigenvalue weighted by atomic mass is 10.0. The van der Waals surface area contributed by atoms with Gasteiger partial charge in [0.15, 0.2) is 5.11 Å². The Kier molecular flexibility index (Phi) is 6.42. The monoisotopic (exact) mass is 436 g/mol. The number of piperidine rings is 1. The first-order chi connectivity index (χ1) is 15.1. The Labute approximate surface area is 188 Å². The molecule has 0 spiro atoms. The highest BCUT2D eigenvalue weighted by molar-refractivity contribution is 7.80. The van der Waals surface area contributed by atoms with Crippen molar-refractivity contribution < 1.29 is 9.47 Å². The van der Waals surface area contributed by atoms with Gasteiger partial charge >= 0.3 is 0 Å². The van der Waals surface area contributed by atoms with Crippen molar-refractivity contribution in [2.45, 2.75) is 25.8 Å². The van der Waals surface area contributed by atoms with Crippen LogP contribution in [0.3, 0.4) is 0 Å². The number of rotatable bonds is 5. The molecule has 1 aromatic heterocycles. The smallest absolute Gasteiger partial charge is 0.170 e. The van der Waals surface area contributed by atoms with Crippen LogP contribution in [0.2, 0.25) is 0 Å². The summed E-state index contributed by atoms with van der Waals surface area (Å²) < 4.78 is 10.6. The Bertz CT molecular complexity index is 1060. The number of nitrogens with zero attached hydrogens (tertiary/aromatic N) is 2. The van der Waals surface area contributed by atoms with Crippen LogP contribution in [0.1, 0.15) is 18.5 Å². The standard InChI is InChI=1S/C24H28N4O2S/c1-16-14-23(21-15-20(30-3)8-9-22(21)25-16)28-12-10-18(11-13-28)27-24(31)26-17-4-6-19(29-2)7-5-17/h4-9,14-15,18H,10-13H2,1-3H3,(H2,26,27,31). The minimum absolute atomic E-state index is 0.346. The third kappa shape index (κ3) is 4.99. The van der Waals surface area contributed by atoms with Crippen LogP contribution in [0.5, 0.6) is 11.5 Å². The quantitative estimate of drug-likeness (QED) is 0.571.